The molecule has 9 heavy (non-hydrogen) atoms. The summed E-state index contributed by atoms with van der Waals surface area (Å²) in [6.07, 6.45) is 1.89. The summed E-state index contributed by atoms with van der Waals surface area (Å²) in [4.78, 5) is 10.4. The molecule has 0 fully saturated rings. The van der Waals surface area contributed by atoms with Crippen molar-refractivity contribution in [3.05, 3.63) is 12.7 Å². The maximum absolute atomic E-state index is 10.4. The molecular weight excluding hydrogens is 163 g/mol. The lowest BCUT2D eigenvalue weighted by Crippen LogP contribution is -2.12. The second kappa shape index (κ2) is 4.65. The van der Waals surface area contributed by atoms with Crippen molar-refractivity contribution in [2.75, 3.05) is 0 Å². The zero-order valence-corrected chi connectivity index (χ0v) is 6.15. The van der Waals surface area contributed by atoms with Crippen molar-refractivity contribution in [3.8, 4) is 0 Å². The third kappa shape index (κ3) is 3.38. The number of hydrogen-bond donors (Lipinski definition) is 0. The van der Waals surface area contributed by atoms with E-state index < -0.39 is 11.3 Å². The zero-order valence-electron chi connectivity index (χ0n) is 4.64. The first kappa shape index (κ1) is 8.79. The molecule has 0 aliphatic heterocycles. The smallest absolute Gasteiger partial charge is 0.342 e. The average Bonchev–Trinajstić information content (AvgIpc) is 1.87. The summed E-state index contributed by atoms with van der Waals surface area (Å²) in [5.41, 5.74) is 0. The Hall–Kier alpha value is -0.210. The molecule has 0 N–H and O–H groups in total. The summed E-state index contributed by atoms with van der Waals surface area (Å²) in [7, 11) is 0. The molecule has 1 unspecified atom stereocenters. The van der Waals surface area contributed by atoms with Gasteiger partial charge in [0.25, 0.3) is 0 Å². The molecule has 4 heteroatoms. The minimum absolute atomic E-state index is 0.368. The highest BCUT2D eigenvalue weighted by Gasteiger charge is 2.13. The molecule has 0 spiro atoms. The number of carbonyl (C=O) groups is 1. The maximum Gasteiger partial charge on any atom is 0.342 e. The molecule has 0 heterocycles. The van der Waals surface area contributed by atoms with E-state index >= 15 is 0 Å². The van der Waals surface area contributed by atoms with Crippen molar-refractivity contribution in [1.82, 2.24) is 0 Å². The van der Waals surface area contributed by atoms with Crippen LogP contribution in [0.4, 0.5) is 0 Å². The summed E-state index contributed by atoms with van der Waals surface area (Å²) in [5, 5.41) is -0.708. The second-order valence-corrected chi connectivity index (χ2v) is 2.07. The van der Waals surface area contributed by atoms with E-state index in [4.69, 9.17) is 23.5 Å². The van der Waals surface area contributed by atoms with Gasteiger partial charge < -0.3 is 4.29 Å². The van der Waals surface area contributed by atoms with Gasteiger partial charge in [-0.2, -0.15) is 0 Å². The molecule has 0 saturated heterocycles. The first-order valence-electron chi connectivity index (χ1n) is 2.29. The summed E-state index contributed by atoms with van der Waals surface area (Å²) < 4.78 is 3.82. The Kier molecular flexibility index (Phi) is 4.54. The van der Waals surface area contributed by atoms with Gasteiger partial charge in [0.1, 0.15) is 17.2 Å². The van der Waals surface area contributed by atoms with Crippen molar-refractivity contribution in [1.29, 1.82) is 0 Å². The highest BCUT2D eigenvalue weighted by Crippen LogP contribution is 2.05. The lowest BCUT2D eigenvalue weighted by atomic mass is 10.3. The Morgan fingerprint density at radius 1 is 1.89 bits per heavy atom. The summed E-state index contributed by atoms with van der Waals surface area (Å²) in [6, 6.07) is 0. The molecule has 0 rings (SSSR count). The van der Waals surface area contributed by atoms with Crippen LogP contribution in [0.2, 0.25) is 0 Å². The first-order valence-corrected chi connectivity index (χ1v) is 3.04. The number of halogens is 2. The van der Waals surface area contributed by atoms with Crippen LogP contribution in [0.25, 0.3) is 0 Å². The molecule has 0 saturated carbocycles. The van der Waals surface area contributed by atoms with Crippen LogP contribution in [0, 0.1) is 0 Å². The van der Waals surface area contributed by atoms with E-state index in [1.807, 2.05) is 0 Å². The van der Waals surface area contributed by atoms with Gasteiger partial charge in [-0.25, -0.2) is 4.79 Å². The highest BCUT2D eigenvalue weighted by atomic mass is 35.5. The monoisotopic (exact) mass is 168 g/mol. The van der Waals surface area contributed by atoms with Gasteiger partial charge in [0.2, 0.25) is 0 Å². The highest BCUT2D eigenvalue weighted by molar-refractivity contribution is 6.31. The molecule has 0 aromatic carbocycles. The molecule has 0 aromatic rings. The SMILES string of the molecule is C=CCC(Cl)C(=O)OCl. The van der Waals surface area contributed by atoms with Gasteiger partial charge in [0.05, 0.1) is 0 Å². The third-order valence-electron chi connectivity index (χ3n) is 0.705. The standard InChI is InChI=1S/C5H6Cl2O2/c1-2-3-4(6)5(8)9-7/h2,4H,1,3H2. The molecule has 52 valence electrons. The summed E-state index contributed by atoms with van der Waals surface area (Å²) >= 11 is 10.1. The fourth-order valence-electron chi connectivity index (χ4n) is 0.291. The molecule has 0 radical (unpaired) electrons. The number of alkyl halides is 1. The average molecular weight is 169 g/mol. The number of rotatable bonds is 3. The lowest BCUT2D eigenvalue weighted by Gasteiger charge is -1.98. The van der Waals surface area contributed by atoms with Crippen LogP contribution in [0.5, 0.6) is 0 Å². The van der Waals surface area contributed by atoms with E-state index in [1.54, 1.807) is 0 Å². The Morgan fingerprint density at radius 2 is 2.44 bits per heavy atom. The number of hydrogen-bond acceptors (Lipinski definition) is 2. The number of allylic oxidation sites excluding steroid dienone is 1. The largest absolute Gasteiger partial charge is 0.346 e. The van der Waals surface area contributed by atoms with Crippen molar-refractivity contribution in [2.45, 2.75) is 11.8 Å². The first-order chi connectivity index (χ1) is 4.22. The molecule has 1 atom stereocenters. The predicted molar refractivity (Wildman–Crippen MR) is 36.4 cm³/mol. The van der Waals surface area contributed by atoms with E-state index in [0.717, 1.165) is 0 Å². The van der Waals surface area contributed by atoms with Crippen molar-refractivity contribution >= 4 is 29.4 Å². The minimum Gasteiger partial charge on any atom is -0.346 e. The van der Waals surface area contributed by atoms with E-state index in [1.165, 1.54) is 6.08 Å². The Balaban J connectivity index is 3.58. The van der Waals surface area contributed by atoms with Gasteiger partial charge in [-0.15, -0.1) is 18.2 Å². The zero-order chi connectivity index (χ0) is 7.28. The second-order valence-electron chi connectivity index (χ2n) is 1.39. The van der Waals surface area contributed by atoms with E-state index in [0.29, 0.717) is 6.42 Å². The Morgan fingerprint density at radius 3 is 2.78 bits per heavy atom. The molecular formula is C5H6Cl2O2. The van der Waals surface area contributed by atoms with E-state index in [9.17, 15) is 4.79 Å². The molecule has 2 nitrogen and oxygen atoms in total. The molecule has 0 aliphatic carbocycles. The van der Waals surface area contributed by atoms with Gasteiger partial charge >= 0.3 is 5.97 Å². The lowest BCUT2D eigenvalue weighted by molar-refractivity contribution is -0.133. The summed E-state index contributed by atoms with van der Waals surface area (Å²) in [6.45, 7) is 3.38. The maximum atomic E-state index is 10.4. The van der Waals surface area contributed by atoms with Gasteiger partial charge in [0.15, 0.2) is 0 Å². The summed E-state index contributed by atoms with van der Waals surface area (Å²) in [5.74, 6) is -0.641. The number of carbonyl (C=O) groups excluding carboxylic acids is 1. The quantitative estimate of drug-likeness (QED) is 0.476. The van der Waals surface area contributed by atoms with Crippen LogP contribution >= 0.6 is 23.5 Å². The topological polar surface area (TPSA) is 26.3 Å². The Labute approximate surface area is 63.6 Å². The van der Waals surface area contributed by atoms with E-state index in [2.05, 4.69) is 10.9 Å². The van der Waals surface area contributed by atoms with E-state index in [-0.39, 0.29) is 0 Å². The van der Waals surface area contributed by atoms with Gasteiger partial charge in [0, 0.05) is 0 Å². The predicted octanol–water partition coefficient (Wildman–Crippen LogP) is 1.87. The fourth-order valence-corrected chi connectivity index (χ4v) is 0.615. The third-order valence-corrected chi connectivity index (χ3v) is 1.21. The van der Waals surface area contributed by atoms with Crippen molar-refractivity contribution < 1.29 is 9.08 Å². The molecule has 0 aliphatic rings. The van der Waals surface area contributed by atoms with Crippen LogP contribution in [-0.4, -0.2) is 11.3 Å². The van der Waals surface area contributed by atoms with Gasteiger partial charge in [-0.1, -0.05) is 6.08 Å². The normalized spacial score (nSPS) is 12.2. The van der Waals surface area contributed by atoms with Crippen LogP contribution in [0.15, 0.2) is 12.7 Å². The van der Waals surface area contributed by atoms with Crippen molar-refractivity contribution in [2.24, 2.45) is 0 Å². The molecule has 0 bridgehead atoms. The van der Waals surface area contributed by atoms with Crippen molar-refractivity contribution in [3.63, 3.8) is 0 Å². The van der Waals surface area contributed by atoms with Gasteiger partial charge in [-0.3, -0.25) is 0 Å². The molecule has 0 aromatic heterocycles. The Bertz CT molecular complexity index is 114. The molecule has 0 amide bonds. The van der Waals surface area contributed by atoms with Gasteiger partial charge in [-0.05, 0) is 6.42 Å². The van der Waals surface area contributed by atoms with Crippen LogP contribution in [-0.2, 0) is 9.08 Å². The van der Waals surface area contributed by atoms with Crippen LogP contribution in [0.1, 0.15) is 6.42 Å². The minimum atomic E-state index is -0.708. The van der Waals surface area contributed by atoms with Crippen LogP contribution < -0.4 is 0 Å². The fraction of sp³-hybridized carbons (Fsp3) is 0.400. The van der Waals surface area contributed by atoms with Crippen LogP contribution in [0.3, 0.4) is 0 Å².